The second kappa shape index (κ2) is 4.65. The van der Waals surface area contributed by atoms with Gasteiger partial charge in [0, 0.05) is 17.6 Å². The van der Waals surface area contributed by atoms with Crippen molar-refractivity contribution in [2.45, 2.75) is 31.7 Å². The summed E-state index contributed by atoms with van der Waals surface area (Å²) >= 11 is 0. The molecule has 0 saturated heterocycles. The highest BCUT2D eigenvalue weighted by Crippen LogP contribution is 2.45. The van der Waals surface area contributed by atoms with Crippen molar-refractivity contribution >= 4 is 16.6 Å². The largest absolute Gasteiger partial charge is 0.497 e. The molecule has 1 heterocycles. The molecule has 4 rings (SSSR count). The first kappa shape index (κ1) is 12.0. The summed E-state index contributed by atoms with van der Waals surface area (Å²) in [4.78, 5) is 4.56. The molecule has 3 atom stereocenters. The number of aromatic nitrogens is 1. The van der Waals surface area contributed by atoms with Crippen LogP contribution in [-0.4, -0.2) is 18.1 Å². The van der Waals surface area contributed by atoms with Crippen molar-refractivity contribution in [3.63, 3.8) is 0 Å². The van der Waals surface area contributed by atoms with Crippen molar-refractivity contribution < 1.29 is 4.74 Å². The van der Waals surface area contributed by atoms with Gasteiger partial charge in [0.2, 0.25) is 0 Å². The Morgan fingerprint density at radius 2 is 2.15 bits per heavy atom. The molecule has 2 aliphatic carbocycles. The number of nitrogens with one attached hydrogen (secondary N) is 1. The van der Waals surface area contributed by atoms with Crippen LogP contribution in [0, 0.1) is 11.8 Å². The Labute approximate surface area is 119 Å². The molecule has 104 valence electrons. The van der Waals surface area contributed by atoms with E-state index in [2.05, 4.69) is 28.5 Å². The summed E-state index contributed by atoms with van der Waals surface area (Å²) in [6.45, 7) is 0. The maximum Gasteiger partial charge on any atom is 0.134 e. The molecule has 0 amide bonds. The molecule has 2 bridgehead atoms. The first-order valence-corrected chi connectivity index (χ1v) is 7.53. The van der Waals surface area contributed by atoms with Crippen LogP contribution in [0.4, 0.5) is 5.82 Å². The summed E-state index contributed by atoms with van der Waals surface area (Å²) in [5.41, 5.74) is 0. The fourth-order valence-electron chi connectivity index (χ4n) is 3.99. The molecule has 20 heavy (non-hydrogen) atoms. The van der Waals surface area contributed by atoms with Crippen molar-refractivity contribution in [3.8, 4) is 5.75 Å². The molecule has 3 nitrogen and oxygen atoms in total. The molecule has 0 spiro atoms. The molecule has 3 unspecified atom stereocenters. The molecule has 0 aliphatic heterocycles. The average molecular weight is 268 g/mol. The number of hydrogen-bond donors (Lipinski definition) is 1. The summed E-state index contributed by atoms with van der Waals surface area (Å²) in [5.74, 6) is 3.70. The Morgan fingerprint density at radius 1 is 1.20 bits per heavy atom. The van der Waals surface area contributed by atoms with Crippen molar-refractivity contribution in [2.75, 3.05) is 12.4 Å². The van der Waals surface area contributed by atoms with Crippen LogP contribution in [0.15, 0.2) is 30.5 Å². The smallest absolute Gasteiger partial charge is 0.134 e. The van der Waals surface area contributed by atoms with Gasteiger partial charge in [-0.25, -0.2) is 4.98 Å². The number of methoxy groups -OCH3 is 1. The third-order valence-corrected chi connectivity index (χ3v) is 5.03. The van der Waals surface area contributed by atoms with Gasteiger partial charge in [-0.2, -0.15) is 0 Å². The summed E-state index contributed by atoms with van der Waals surface area (Å²) in [6, 6.07) is 8.85. The highest BCUT2D eigenvalue weighted by molar-refractivity contribution is 5.92. The normalized spacial score (nSPS) is 27.9. The van der Waals surface area contributed by atoms with Crippen molar-refractivity contribution in [1.82, 2.24) is 4.98 Å². The van der Waals surface area contributed by atoms with E-state index in [1.807, 2.05) is 12.3 Å². The Morgan fingerprint density at radius 3 is 2.90 bits per heavy atom. The molecule has 2 fully saturated rings. The standard InChI is InChI=1S/C17H20N2O/c1-20-14-5-4-12-6-7-18-17(15(12)10-14)19-16-9-11-2-3-13(16)8-11/h4-7,10-11,13,16H,2-3,8-9H2,1H3,(H,18,19). The molecule has 2 aliphatic rings. The van der Waals surface area contributed by atoms with Gasteiger partial charge in [-0.05, 0) is 54.7 Å². The van der Waals surface area contributed by atoms with E-state index in [1.54, 1.807) is 7.11 Å². The van der Waals surface area contributed by atoms with Crippen molar-refractivity contribution in [3.05, 3.63) is 30.5 Å². The number of ether oxygens (including phenoxy) is 1. The minimum Gasteiger partial charge on any atom is -0.497 e. The number of benzene rings is 1. The highest BCUT2D eigenvalue weighted by Gasteiger charge is 2.39. The number of hydrogen-bond acceptors (Lipinski definition) is 3. The number of rotatable bonds is 3. The SMILES string of the molecule is COc1ccc2ccnc(NC3CC4CCC3C4)c2c1. The Balaban J connectivity index is 1.68. The Kier molecular flexibility index (Phi) is 2.79. The molecule has 1 aromatic heterocycles. The van der Waals surface area contributed by atoms with Crippen LogP contribution in [0.25, 0.3) is 10.8 Å². The number of anilines is 1. The van der Waals surface area contributed by atoms with E-state index >= 15 is 0 Å². The summed E-state index contributed by atoms with van der Waals surface area (Å²) in [6.07, 6.45) is 7.43. The fraction of sp³-hybridized carbons (Fsp3) is 0.471. The van der Waals surface area contributed by atoms with Gasteiger partial charge in [-0.3, -0.25) is 0 Å². The topological polar surface area (TPSA) is 34.1 Å². The van der Waals surface area contributed by atoms with Crippen LogP contribution in [0.5, 0.6) is 5.75 Å². The lowest BCUT2D eigenvalue weighted by atomic mass is 9.95. The van der Waals surface area contributed by atoms with Crippen LogP contribution in [0.2, 0.25) is 0 Å². The zero-order valence-corrected chi connectivity index (χ0v) is 11.8. The minimum atomic E-state index is 0.609. The third-order valence-electron chi connectivity index (χ3n) is 5.03. The summed E-state index contributed by atoms with van der Waals surface area (Å²) in [5, 5.41) is 6.08. The van der Waals surface area contributed by atoms with Crippen molar-refractivity contribution in [1.29, 1.82) is 0 Å². The lowest BCUT2D eigenvalue weighted by Gasteiger charge is -2.24. The molecule has 2 saturated carbocycles. The van der Waals surface area contributed by atoms with Gasteiger partial charge in [0.05, 0.1) is 7.11 Å². The zero-order chi connectivity index (χ0) is 13.5. The van der Waals surface area contributed by atoms with Crippen molar-refractivity contribution in [2.24, 2.45) is 11.8 Å². The van der Waals surface area contributed by atoms with Gasteiger partial charge in [0.15, 0.2) is 0 Å². The quantitative estimate of drug-likeness (QED) is 0.918. The van der Waals surface area contributed by atoms with Gasteiger partial charge >= 0.3 is 0 Å². The van der Waals surface area contributed by atoms with Crippen LogP contribution in [0.1, 0.15) is 25.7 Å². The van der Waals surface area contributed by atoms with E-state index in [1.165, 1.54) is 31.1 Å². The van der Waals surface area contributed by atoms with E-state index in [-0.39, 0.29) is 0 Å². The van der Waals surface area contributed by atoms with E-state index < -0.39 is 0 Å². The average Bonchev–Trinajstić information content (AvgIpc) is 3.10. The first-order chi connectivity index (χ1) is 9.83. The van der Waals surface area contributed by atoms with Crippen LogP contribution in [-0.2, 0) is 0 Å². The molecule has 1 aromatic carbocycles. The molecule has 2 aromatic rings. The van der Waals surface area contributed by atoms with Gasteiger partial charge in [-0.15, -0.1) is 0 Å². The Hall–Kier alpha value is -1.77. The second-order valence-corrected chi connectivity index (χ2v) is 6.17. The molecule has 1 N–H and O–H groups in total. The monoisotopic (exact) mass is 268 g/mol. The van der Waals surface area contributed by atoms with Crippen LogP contribution < -0.4 is 10.1 Å². The molecule has 3 heteroatoms. The van der Waals surface area contributed by atoms with Gasteiger partial charge in [0.25, 0.3) is 0 Å². The van der Waals surface area contributed by atoms with E-state index in [9.17, 15) is 0 Å². The number of nitrogens with zero attached hydrogens (tertiary/aromatic N) is 1. The number of fused-ring (bicyclic) bond motifs is 3. The van der Waals surface area contributed by atoms with Gasteiger partial charge < -0.3 is 10.1 Å². The fourth-order valence-corrected chi connectivity index (χ4v) is 3.99. The first-order valence-electron chi connectivity index (χ1n) is 7.53. The van der Waals surface area contributed by atoms with Gasteiger partial charge in [0.1, 0.15) is 11.6 Å². The zero-order valence-electron chi connectivity index (χ0n) is 11.8. The van der Waals surface area contributed by atoms with E-state index in [4.69, 9.17) is 4.74 Å². The third kappa shape index (κ3) is 1.92. The summed E-state index contributed by atoms with van der Waals surface area (Å²) in [7, 11) is 1.71. The molecular formula is C17H20N2O. The van der Waals surface area contributed by atoms with E-state index in [0.29, 0.717) is 6.04 Å². The number of pyridine rings is 1. The van der Waals surface area contributed by atoms with Crippen LogP contribution >= 0.6 is 0 Å². The maximum atomic E-state index is 5.34. The maximum absolute atomic E-state index is 5.34. The van der Waals surface area contributed by atoms with E-state index in [0.717, 1.165) is 28.8 Å². The van der Waals surface area contributed by atoms with Gasteiger partial charge in [-0.1, -0.05) is 12.5 Å². The second-order valence-electron chi connectivity index (χ2n) is 6.17. The molecular weight excluding hydrogens is 248 g/mol. The van der Waals surface area contributed by atoms with Crippen LogP contribution in [0.3, 0.4) is 0 Å². The molecule has 0 radical (unpaired) electrons. The lowest BCUT2D eigenvalue weighted by molar-refractivity contribution is 0.415. The summed E-state index contributed by atoms with van der Waals surface area (Å²) < 4.78 is 5.34. The lowest BCUT2D eigenvalue weighted by Crippen LogP contribution is -2.26. The minimum absolute atomic E-state index is 0.609. The predicted octanol–water partition coefficient (Wildman–Crippen LogP) is 3.84. The highest BCUT2D eigenvalue weighted by atomic mass is 16.5. The Bertz CT molecular complexity index is 640. The predicted molar refractivity (Wildman–Crippen MR) is 81.2 cm³/mol.